The molecule has 0 unspecified atom stereocenters. The van der Waals surface area contributed by atoms with Crippen LogP contribution in [0.1, 0.15) is 26.3 Å². The van der Waals surface area contributed by atoms with Gasteiger partial charge in [-0.05, 0) is 18.4 Å². The van der Waals surface area contributed by atoms with Crippen LogP contribution in [-0.2, 0) is 9.53 Å². The van der Waals surface area contributed by atoms with Crippen molar-refractivity contribution in [1.82, 2.24) is 0 Å². The van der Waals surface area contributed by atoms with Gasteiger partial charge < -0.3 is 4.74 Å². The lowest BCUT2D eigenvalue weighted by atomic mass is 9.95. The van der Waals surface area contributed by atoms with Crippen molar-refractivity contribution >= 4 is 11.7 Å². The number of hydrogen-bond donors (Lipinski definition) is 0. The van der Waals surface area contributed by atoms with E-state index in [4.69, 9.17) is 4.74 Å². The summed E-state index contributed by atoms with van der Waals surface area (Å²) >= 11 is 0. The Kier molecular flexibility index (Phi) is 3.60. The van der Waals surface area contributed by atoms with Crippen LogP contribution in [0.3, 0.4) is 0 Å². The van der Waals surface area contributed by atoms with Crippen LogP contribution in [0, 0.1) is 5.92 Å². The second-order valence-electron chi connectivity index (χ2n) is 4.61. The molecule has 0 N–H and O–H groups in total. The standard InChI is InChI=1S/C15H17NO2/c1-4-12-15(17)18-14(10(2)3)13(16-12)11-8-6-5-7-9-11/h4-10,14H,1-3H3/b12-4-/t14-/m0/s1. The Labute approximate surface area is 107 Å². The number of nitrogens with zero attached hydrogens (tertiary/aromatic N) is 1. The van der Waals surface area contributed by atoms with E-state index in [1.807, 2.05) is 44.2 Å². The van der Waals surface area contributed by atoms with Crippen LogP contribution in [0.15, 0.2) is 47.1 Å². The number of esters is 1. The van der Waals surface area contributed by atoms with Crippen molar-refractivity contribution < 1.29 is 9.53 Å². The van der Waals surface area contributed by atoms with Gasteiger partial charge in [0.2, 0.25) is 0 Å². The molecule has 1 aromatic rings. The second kappa shape index (κ2) is 5.17. The molecule has 18 heavy (non-hydrogen) atoms. The summed E-state index contributed by atoms with van der Waals surface area (Å²) < 4.78 is 5.48. The number of rotatable bonds is 2. The molecule has 0 bridgehead atoms. The topological polar surface area (TPSA) is 38.7 Å². The summed E-state index contributed by atoms with van der Waals surface area (Å²) in [5.74, 6) is -0.137. The summed E-state index contributed by atoms with van der Waals surface area (Å²) in [4.78, 5) is 16.2. The van der Waals surface area contributed by atoms with Gasteiger partial charge in [-0.2, -0.15) is 0 Å². The van der Waals surface area contributed by atoms with E-state index in [1.54, 1.807) is 13.0 Å². The largest absolute Gasteiger partial charge is 0.451 e. The summed E-state index contributed by atoms with van der Waals surface area (Å²) in [6, 6.07) is 9.85. The molecule has 0 spiro atoms. The molecule has 0 saturated carbocycles. The SMILES string of the molecule is C/C=C1\N=C(c2ccccc2)[C@H](C(C)C)OC1=O. The first-order valence-electron chi connectivity index (χ1n) is 6.14. The predicted molar refractivity (Wildman–Crippen MR) is 71.5 cm³/mol. The summed E-state index contributed by atoms with van der Waals surface area (Å²) in [5, 5.41) is 0. The molecule has 0 aromatic heterocycles. The number of ether oxygens (including phenoxy) is 1. The van der Waals surface area contributed by atoms with Gasteiger partial charge >= 0.3 is 5.97 Å². The molecule has 2 rings (SSSR count). The molecule has 3 heteroatoms. The Morgan fingerprint density at radius 3 is 2.50 bits per heavy atom. The predicted octanol–water partition coefficient (Wildman–Crippen LogP) is 2.96. The molecule has 1 aliphatic rings. The van der Waals surface area contributed by atoms with Crippen LogP contribution >= 0.6 is 0 Å². The minimum absolute atomic E-state index is 0.200. The van der Waals surface area contributed by atoms with Crippen LogP contribution in [0.25, 0.3) is 0 Å². The highest BCUT2D eigenvalue weighted by atomic mass is 16.5. The average Bonchev–Trinajstić information content (AvgIpc) is 2.39. The molecule has 1 heterocycles. The first-order valence-corrected chi connectivity index (χ1v) is 6.14. The smallest absolute Gasteiger partial charge is 0.357 e. The minimum atomic E-state index is -0.337. The van der Waals surface area contributed by atoms with Crippen LogP contribution < -0.4 is 0 Å². The Morgan fingerprint density at radius 1 is 1.28 bits per heavy atom. The number of aliphatic imine (C=N–C) groups is 1. The maximum absolute atomic E-state index is 11.7. The molecule has 0 aliphatic carbocycles. The van der Waals surface area contributed by atoms with Gasteiger partial charge in [0, 0.05) is 0 Å². The molecule has 1 aliphatic heterocycles. The lowest BCUT2D eigenvalue weighted by Crippen LogP contribution is -2.37. The third-order valence-electron chi connectivity index (χ3n) is 2.90. The third-order valence-corrected chi connectivity index (χ3v) is 2.90. The highest BCUT2D eigenvalue weighted by molar-refractivity contribution is 6.10. The maximum atomic E-state index is 11.7. The molecule has 0 saturated heterocycles. The fraction of sp³-hybridized carbons (Fsp3) is 0.333. The minimum Gasteiger partial charge on any atom is -0.451 e. The van der Waals surface area contributed by atoms with Gasteiger partial charge in [-0.25, -0.2) is 9.79 Å². The zero-order valence-corrected chi connectivity index (χ0v) is 10.9. The molecule has 0 amide bonds. The van der Waals surface area contributed by atoms with Crippen molar-refractivity contribution in [3.8, 4) is 0 Å². The van der Waals surface area contributed by atoms with E-state index in [1.165, 1.54) is 0 Å². The van der Waals surface area contributed by atoms with Gasteiger partial charge in [0.05, 0.1) is 5.71 Å². The van der Waals surface area contributed by atoms with Crippen molar-refractivity contribution in [3.05, 3.63) is 47.7 Å². The van der Waals surface area contributed by atoms with E-state index in [2.05, 4.69) is 4.99 Å². The monoisotopic (exact) mass is 243 g/mol. The molecule has 0 fully saturated rings. The van der Waals surface area contributed by atoms with Crippen LogP contribution in [0.2, 0.25) is 0 Å². The van der Waals surface area contributed by atoms with Gasteiger partial charge in [-0.3, -0.25) is 0 Å². The van der Waals surface area contributed by atoms with Crippen LogP contribution in [0.4, 0.5) is 0 Å². The summed E-state index contributed by atoms with van der Waals surface area (Å²) in [6.07, 6.45) is 1.41. The van der Waals surface area contributed by atoms with E-state index in [0.717, 1.165) is 11.3 Å². The average molecular weight is 243 g/mol. The fourth-order valence-electron chi connectivity index (χ4n) is 1.94. The molecule has 3 nitrogen and oxygen atoms in total. The van der Waals surface area contributed by atoms with Gasteiger partial charge in [-0.1, -0.05) is 50.3 Å². The van der Waals surface area contributed by atoms with Gasteiger partial charge in [0.1, 0.15) is 11.8 Å². The lowest BCUT2D eigenvalue weighted by molar-refractivity contribution is -0.143. The molecular formula is C15H17NO2. The second-order valence-corrected chi connectivity index (χ2v) is 4.61. The van der Waals surface area contributed by atoms with Gasteiger partial charge in [-0.15, -0.1) is 0 Å². The van der Waals surface area contributed by atoms with Crippen LogP contribution in [0.5, 0.6) is 0 Å². The number of cyclic esters (lactones) is 1. The first kappa shape index (κ1) is 12.6. The van der Waals surface area contributed by atoms with Crippen molar-refractivity contribution in [1.29, 1.82) is 0 Å². The van der Waals surface area contributed by atoms with Gasteiger partial charge in [0.25, 0.3) is 0 Å². The van der Waals surface area contributed by atoms with E-state index in [-0.39, 0.29) is 18.0 Å². The normalized spacial score (nSPS) is 22.0. The Balaban J connectivity index is 2.48. The Hall–Kier alpha value is -1.90. The number of carbonyl (C=O) groups excluding carboxylic acids is 1. The summed E-state index contributed by atoms with van der Waals surface area (Å²) in [6.45, 7) is 5.84. The number of carbonyl (C=O) groups is 1. The lowest BCUT2D eigenvalue weighted by Gasteiger charge is -2.27. The summed E-state index contributed by atoms with van der Waals surface area (Å²) in [5.41, 5.74) is 2.21. The number of benzene rings is 1. The molecule has 0 radical (unpaired) electrons. The molecule has 94 valence electrons. The van der Waals surface area contributed by atoms with Gasteiger partial charge in [0.15, 0.2) is 0 Å². The third kappa shape index (κ3) is 2.35. The highest BCUT2D eigenvalue weighted by Gasteiger charge is 2.31. The quantitative estimate of drug-likeness (QED) is 0.591. The fourth-order valence-corrected chi connectivity index (χ4v) is 1.94. The first-order chi connectivity index (χ1) is 8.63. The van der Waals surface area contributed by atoms with Crippen molar-refractivity contribution in [2.45, 2.75) is 26.9 Å². The van der Waals surface area contributed by atoms with E-state index in [0.29, 0.717) is 5.70 Å². The summed E-state index contributed by atoms with van der Waals surface area (Å²) in [7, 11) is 0. The van der Waals surface area contributed by atoms with E-state index < -0.39 is 0 Å². The van der Waals surface area contributed by atoms with Crippen LogP contribution in [-0.4, -0.2) is 17.8 Å². The van der Waals surface area contributed by atoms with Crippen molar-refractivity contribution in [2.75, 3.05) is 0 Å². The van der Waals surface area contributed by atoms with Crippen molar-refractivity contribution in [2.24, 2.45) is 10.9 Å². The number of allylic oxidation sites excluding steroid dienone is 1. The van der Waals surface area contributed by atoms with E-state index >= 15 is 0 Å². The molecule has 1 atom stereocenters. The molecular weight excluding hydrogens is 226 g/mol. The highest BCUT2D eigenvalue weighted by Crippen LogP contribution is 2.22. The van der Waals surface area contributed by atoms with Crippen molar-refractivity contribution in [3.63, 3.8) is 0 Å². The zero-order chi connectivity index (χ0) is 13.1. The zero-order valence-electron chi connectivity index (χ0n) is 10.9. The maximum Gasteiger partial charge on any atom is 0.357 e. The Morgan fingerprint density at radius 2 is 1.94 bits per heavy atom. The van der Waals surface area contributed by atoms with E-state index in [9.17, 15) is 4.79 Å². The number of hydrogen-bond acceptors (Lipinski definition) is 3. The molecule has 1 aromatic carbocycles. The Bertz CT molecular complexity index is 500.